The Labute approximate surface area is 781 Å². The number of fused-ring (bicyclic) bond motifs is 4. The van der Waals surface area contributed by atoms with Crippen LogP contribution in [0.3, 0.4) is 0 Å². The second-order valence-corrected chi connectivity index (χ2v) is 37.4. The number of amides is 3. The van der Waals surface area contributed by atoms with Crippen molar-refractivity contribution in [3.63, 3.8) is 0 Å². The number of aliphatic carboxylic acids is 1. The summed E-state index contributed by atoms with van der Waals surface area (Å²) in [5.41, 5.74) is 21.0. The van der Waals surface area contributed by atoms with E-state index in [4.69, 9.17) is 31.6 Å². The van der Waals surface area contributed by atoms with E-state index >= 15 is 0 Å². The summed E-state index contributed by atoms with van der Waals surface area (Å²) in [7, 11) is 4.94. The number of carboxylic acids is 1. The quantitative estimate of drug-likeness (QED) is 0.00734. The summed E-state index contributed by atoms with van der Waals surface area (Å²) in [6.45, 7) is 11.1. The summed E-state index contributed by atoms with van der Waals surface area (Å²) < 4.78 is 46.6. The number of aliphatic hydroxyl groups is 1. The van der Waals surface area contributed by atoms with Crippen molar-refractivity contribution in [2.45, 2.75) is 226 Å². The van der Waals surface area contributed by atoms with Crippen LogP contribution in [-0.2, 0) is 71.7 Å². The van der Waals surface area contributed by atoms with E-state index < -0.39 is 35.5 Å². The van der Waals surface area contributed by atoms with Crippen molar-refractivity contribution in [3.8, 4) is 0 Å². The lowest BCUT2D eigenvalue weighted by atomic mass is 9.84. The Hall–Kier alpha value is -9.71. The van der Waals surface area contributed by atoms with Crippen LogP contribution in [0.1, 0.15) is 228 Å². The Morgan fingerprint density at radius 1 is 0.538 bits per heavy atom. The maximum absolute atomic E-state index is 13.9. The third kappa shape index (κ3) is 31.0. The van der Waals surface area contributed by atoms with Gasteiger partial charge in [-0.15, -0.1) is 35.3 Å². The normalized spacial score (nSPS) is 18.2. The summed E-state index contributed by atoms with van der Waals surface area (Å²) in [5.74, 6) is 0.812. The van der Waals surface area contributed by atoms with Gasteiger partial charge >= 0.3 is 12.1 Å². The topological polar surface area (TPSA) is 263 Å². The number of halogens is 3. The van der Waals surface area contributed by atoms with Crippen LogP contribution in [0.15, 0.2) is 255 Å². The number of aryl methyl sites for hydroxylation is 3. The summed E-state index contributed by atoms with van der Waals surface area (Å²) in [6.07, 6.45) is 15.5. The van der Waals surface area contributed by atoms with Crippen molar-refractivity contribution in [3.05, 3.63) is 333 Å². The molecule has 5 aliphatic rings. The van der Waals surface area contributed by atoms with Crippen LogP contribution in [-0.4, -0.2) is 132 Å². The van der Waals surface area contributed by atoms with E-state index in [-0.39, 0.29) is 88.5 Å². The zero-order chi connectivity index (χ0) is 92.4. The first-order chi connectivity index (χ1) is 62.5. The number of thioether (sulfide) groups is 3. The first-order valence-corrected chi connectivity index (χ1v) is 48.5. The molecule has 23 heteroatoms. The minimum absolute atomic E-state index is 0. The predicted octanol–water partition coefficient (Wildman–Crippen LogP) is 22.5. The number of ether oxygens (including phenoxy) is 3. The number of aldehydes is 1. The number of carbonyl (C=O) groups is 6. The van der Waals surface area contributed by atoms with Gasteiger partial charge in [0.05, 0.1) is 45.0 Å². The Bertz CT molecular complexity index is 4700. The summed E-state index contributed by atoms with van der Waals surface area (Å²) >= 11 is 5.47. The molecule has 9 N–H and O–H groups in total. The summed E-state index contributed by atoms with van der Waals surface area (Å²) in [5, 5.41) is 23.2. The molecule has 0 aromatic heterocycles. The number of nitrogens with one attached hydrogen (secondary N) is 2. The van der Waals surface area contributed by atoms with Crippen molar-refractivity contribution in [1.82, 2.24) is 21.7 Å². The maximum Gasteiger partial charge on any atom is 0.411 e. The zero-order valence-electron chi connectivity index (χ0n) is 76.2. The van der Waals surface area contributed by atoms with Gasteiger partial charge in [0.1, 0.15) is 24.7 Å². The second kappa shape index (κ2) is 55.6. The molecule has 0 radical (unpaired) electrons. The third-order valence-electron chi connectivity index (χ3n) is 24.7. The fourth-order valence-corrected chi connectivity index (χ4v) is 22.2. The Morgan fingerprint density at radius 3 is 1.36 bits per heavy atom. The monoisotopic (exact) mass is 1830 g/mol. The minimum atomic E-state index is -4.40. The number of hydrogen-bond donors (Lipinski definition) is 6. The molecule has 14 rings (SSSR count). The van der Waals surface area contributed by atoms with Crippen LogP contribution in [0.4, 0.5) is 13.2 Å². The average Bonchev–Trinajstić information content (AvgIpc) is 0.903. The van der Waals surface area contributed by atoms with E-state index in [0.29, 0.717) is 38.2 Å². The number of carboxylic acid groups (broad SMARTS) is 1. The van der Waals surface area contributed by atoms with Gasteiger partial charge in [0.25, 0.3) is 0 Å². The number of nitrogens with two attached hydrogens (primary N) is 1. The van der Waals surface area contributed by atoms with Crippen LogP contribution in [0.2, 0.25) is 0 Å². The molecule has 130 heavy (non-hydrogen) atoms. The molecular weight excluding hydrogens is 1700 g/mol. The Kier molecular flexibility index (Phi) is 45.2. The molecular formula is C107H133F3N6O11S3. The van der Waals surface area contributed by atoms with E-state index in [9.17, 15) is 47.0 Å². The molecule has 2 saturated heterocycles. The highest BCUT2D eigenvalue weighted by atomic mass is 32.2. The lowest BCUT2D eigenvalue weighted by molar-refractivity contribution is -0.159. The minimum Gasteiger partial charge on any atom is -0.481 e. The number of benzene rings is 9. The number of unbranched alkanes of at least 4 members (excludes halogenated alkanes) is 1. The summed E-state index contributed by atoms with van der Waals surface area (Å²) in [4.78, 5) is 80.2. The number of carbonyl (C=O) groups excluding carboxylic acids is 5. The molecule has 696 valence electrons. The molecule has 0 bridgehead atoms. The van der Waals surface area contributed by atoms with Crippen molar-refractivity contribution in [2.75, 3.05) is 45.2 Å². The van der Waals surface area contributed by atoms with Crippen LogP contribution in [0.5, 0.6) is 0 Å². The van der Waals surface area contributed by atoms with Crippen LogP contribution >= 0.6 is 35.3 Å². The number of nitrogens with zero attached hydrogens (tertiary/aromatic N) is 2. The van der Waals surface area contributed by atoms with Gasteiger partial charge in [-0.3, -0.25) is 24.0 Å². The van der Waals surface area contributed by atoms with Crippen LogP contribution in [0, 0.1) is 24.3 Å². The highest BCUT2D eigenvalue weighted by Crippen LogP contribution is 2.51. The highest BCUT2D eigenvalue weighted by Gasteiger charge is 2.44. The molecule has 3 aliphatic carbocycles. The number of alkyl halides is 3. The van der Waals surface area contributed by atoms with Gasteiger partial charge in [-0.1, -0.05) is 269 Å². The summed E-state index contributed by atoms with van der Waals surface area (Å²) in [6, 6.07) is 87.8. The smallest absolute Gasteiger partial charge is 0.411 e. The fraction of sp³-hybridized carbons (Fsp3) is 0.430. The first-order valence-electron chi connectivity index (χ1n) is 45.5. The van der Waals surface area contributed by atoms with Gasteiger partial charge in [-0.05, 0) is 207 Å². The highest BCUT2D eigenvalue weighted by molar-refractivity contribution is 8.01. The fourth-order valence-electron chi connectivity index (χ4n) is 17.4. The predicted molar refractivity (Wildman–Crippen MR) is 520 cm³/mol. The van der Waals surface area contributed by atoms with E-state index in [1.54, 1.807) is 44.9 Å². The van der Waals surface area contributed by atoms with Crippen LogP contribution < -0.4 is 22.5 Å². The SMILES string of the molecule is COC(C)CCCC=O.COC(CCCC(CC(=O)[C@@H](C)CCSC(c1ccccc1)(c1ccccc1)c1ccccc1)C(=O)N[C@@H]1CCCc2ccccc21)OC.C[C@@H](CCSC(c1ccccc1)(c1ccccc1)c1ccccc1)C(=O)O.N.N[C@H]1CCS[C@H]2CCCC(C(=O)N[C@@H]3CCCc4ccccc43)N2C1=O.OCC(F)(F)F.[C-]#[N+][C@@H]1CCCc2ccccc21. The standard InChI is InChI=1S/C43H51NO4S.C24H24O2S.C20H27N3O2S.C11H11N.C7H14O2.C2H3F3O.H3N/c1-32(29-30-49-43(35-20-7-4-8-21-35,36-22-9-5-10-23-36)37-24-11-6-12-25-37)40(45)31-34(19-16-28-41(47-2)48-3)42(46)44-39-27-15-18-33-17-13-14-26-38(33)39;1-19(23(25)26)17-18-27-24(20-11-5-2-6-12-20,21-13-7-3-8-14-21)22-15-9-4-10-16-22;21-15-11-12-26-18-10-4-9-17(23(18)20(15)25)19(24)22-16-8-3-6-13-5-1-2-7-14(13)16;1-12-11-8-4-6-9-5-2-3-7-10(9)11;1-7(9-2)5-3-4-6-8;3-2(4,5)1-6;/h4-14,17,20-26,32,34,39,41H,15-16,18-19,27-31H2,1-3H3,(H,44,46);2-16,19H,17-18H2,1H3,(H,25,26);1-2,5,7,15-18H,3-4,6,8-12,21H2,(H,22,24);2-3,5,7,11H,4,6,8H2;6-7H,3-5H2,1-2H3;6H,1H2;1H3/t32-,34?,39+;19-;15-,16+,17?,18-;11-;;;/m0001.../s1. The van der Waals surface area contributed by atoms with E-state index in [1.165, 1.54) is 73.2 Å². The van der Waals surface area contributed by atoms with Crippen molar-refractivity contribution in [2.24, 2.45) is 23.5 Å². The van der Waals surface area contributed by atoms with Gasteiger partial charge in [0.2, 0.25) is 23.8 Å². The third-order valence-corrected chi connectivity index (χ3v) is 29.2. The molecule has 17 nitrogen and oxygen atoms in total. The molecule has 0 spiro atoms. The lowest BCUT2D eigenvalue weighted by Crippen LogP contribution is -2.58. The number of Topliss-reactive ketones (excluding diaryl/α,β-unsaturated/α-hetero) is 1. The molecule has 0 saturated carbocycles. The van der Waals surface area contributed by atoms with Gasteiger partial charge in [-0.2, -0.15) is 13.2 Å². The number of piperidine rings is 1. The van der Waals surface area contributed by atoms with Gasteiger partial charge in [0.15, 0.2) is 6.29 Å². The van der Waals surface area contributed by atoms with Crippen LogP contribution in [0.25, 0.3) is 4.85 Å². The number of ketones is 1. The lowest BCUT2D eigenvalue weighted by Gasteiger charge is -2.41. The second-order valence-electron chi connectivity index (χ2n) is 33.5. The van der Waals surface area contributed by atoms with E-state index in [2.05, 4.69) is 234 Å². The number of methoxy groups -OCH3 is 3. The number of hydrogen-bond acceptors (Lipinski definition) is 15. The molecule has 3 amide bonds. The number of rotatable bonds is 33. The van der Waals surface area contributed by atoms with E-state index in [1.807, 2.05) is 73.8 Å². The van der Waals surface area contributed by atoms with Crippen molar-refractivity contribution >= 4 is 71.0 Å². The Balaban J connectivity index is 0.000000218. The number of aliphatic hydroxyl groups excluding tert-OH is 1. The molecule has 2 heterocycles. The largest absolute Gasteiger partial charge is 0.481 e. The molecule has 2 aliphatic heterocycles. The molecule has 10 atom stereocenters. The van der Waals surface area contributed by atoms with E-state index in [0.717, 1.165) is 120 Å². The van der Waals surface area contributed by atoms with Gasteiger partial charge in [0, 0.05) is 58.0 Å². The molecule has 9 aromatic rings. The first kappa shape index (κ1) is 106. The average molecular weight is 1830 g/mol. The van der Waals surface area contributed by atoms with Gasteiger partial charge < -0.3 is 61.5 Å². The van der Waals surface area contributed by atoms with Crippen molar-refractivity contribution < 1.29 is 66.4 Å². The molecule has 9 aromatic carbocycles. The van der Waals surface area contributed by atoms with Crippen molar-refractivity contribution in [1.29, 1.82) is 0 Å². The molecule has 2 fully saturated rings. The zero-order valence-corrected chi connectivity index (χ0v) is 78.6. The van der Waals surface area contributed by atoms with Gasteiger partial charge in [-0.25, -0.2) is 6.57 Å². The Morgan fingerprint density at radius 2 is 0.946 bits per heavy atom. The molecule has 3 unspecified atom stereocenters. The maximum atomic E-state index is 13.9.